The number of furan rings is 1. The Hall–Kier alpha value is -2.60. The van der Waals surface area contributed by atoms with Crippen LogP contribution in [0.2, 0.25) is 0 Å². The minimum absolute atomic E-state index is 0.153. The third-order valence-electron chi connectivity index (χ3n) is 3.94. The van der Waals surface area contributed by atoms with Crippen molar-refractivity contribution in [2.45, 2.75) is 31.9 Å². The van der Waals surface area contributed by atoms with Gasteiger partial charge in [-0.15, -0.1) is 0 Å². The molecule has 0 saturated heterocycles. The highest BCUT2D eigenvalue weighted by Crippen LogP contribution is 2.21. The van der Waals surface area contributed by atoms with Crippen LogP contribution in [0.3, 0.4) is 0 Å². The average Bonchev–Trinajstić information content (AvgIpc) is 3.17. The van der Waals surface area contributed by atoms with Crippen LogP contribution in [0.1, 0.15) is 30.8 Å². The van der Waals surface area contributed by atoms with Crippen LogP contribution < -0.4 is 5.32 Å². The monoisotopic (exact) mass is 330 g/mol. The van der Waals surface area contributed by atoms with Crippen molar-refractivity contribution in [2.75, 3.05) is 0 Å². The molecule has 0 aliphatic carbocycles. The highest BCUT2D eigenvalue weighted by Gasteiger charge is 2.17. The summed E-state index contributed by atoms with van der Waals surface area (Å²) >= 11 is 0. The Balaban J connectivity index is 1.58. The number of fused-ring (bicyclic) bond motifs is 1. The van der Waals surface area contributed by atoms with E-state index in [1.807, 2.05) is 6.92 Å². The third-order valence-corrected chi connectivity index (χ3v) is 3.94. The zero-order valence-corrected chi connectivity index (χ0v) is 13.3. The number of aliphatic hydroxyl groups is 1. The van der Waals surface area contributed by atoms with Gasteiger partial charge in [0.15, 0.2) is 0 Å². The predicted octanol–water partition coefficient (Wildman–Crippen LogP) is 3.07. The van der Waals surface area contributed by atoms with Gasteiger partial charge in [-0.05, 0) is 42.8 Å². The molecule has 2 unspecified atom stereocenters. The molecule has 0 radical (unpaired) electrons. The van der Waals surface area contributed by atoms with Crippen LogP contribution in [0, 0.1) is 5.82 Å². The number of carbonyl (C=O) groups is 1. The van der Waals surface area contributed by atoms with E-state index >= 15 is 0 Å². The summed E-state index contributed by atoms with van der Waals surface area (Å²) in [5.74, 6) is 0.00927. The maximum Gasteiger partial charge on any atom is 0.224 e. The molecule has 2 atom stereocenters. The smallest absolute Gasteiger partial charge is 0.224 e. The Morgan fingerprint density at radius 1 is 1.42 bits per heavy atom. The van der Waals surface area contributed by atoms with E-state index in [-0.39, 0.29) is 24.2 Å². The number of hydrogen-bond acceptors (Lipinski definition) is 3. The van der Waals surface area contributed by atoms with Crippen molar-refractivity contribution in [1.29, 1.82) is 0 Å². The van der Waals surface area contributed by atoms with Crippen molar-refractivity contribution in [2.24, 2.45) is 0 Å². The lowest BCUT2D eigenvalue weighted by molar-refractivity contribution is -0.121. The molecule has 3 aromatic rings. The lowest BCUT2D eigenvalue weighted by Crippen LogP contribution is -2.34. The van der Waals surface area contributed by atoms with Crippen molar-refractivity contribution in [3.8, 4) is 0 Å². The van der Waals surface area contributed by atoms with Crippen LogP contribution in [-0.2, 0) is 11.2 Å². The number of aliphatic hydroxyl groups excluding tert-OH is 1. The molecule has 6 heteroatoms. The molecule has 5 nitrogen and oxygen atoms in total. The lowest BCUT2D eigenvalue weighted by atomic mass is 10.1. The predicted molar refractivity (Wildman–Crippen MR) is 87.9 cm³/mol. The van der Waals surface area contributed by atoms with Crippen LogP contribution in [0.4, 0.5) is 4.39 Å². The number of nitrogens with one attached hydrogen (secondary N) is 2. The van der Waals surface area contributed by atoms with Gasteiger partial charge in [-0.1, -0.05) is 0 Å². The third kappa shape index (κ3) is 3.65. The maximum absolute atomic E-state index is 13.2. The molecule has 1 amide bonds. The van der Waals surface area contributed by atoms with Gasteiger partial charge in [-0.3, -0.25) is 4.79 Å². The second-order valence-corrected chi connectivity index (χ2v) is 5.92. The number of hydrogen-bond donors (Lipinski definition) is 3. The maximum atomic E-state index is 13.2. The Labute approximate surface area is 138 Å². The summed E-state index contributed by atoms with van der Waals surface area (Å²) in [5.41, 5.74) is 1.47. The van der Waals surface area contributed by atoms with Gasteiger partial charge >= 0.3 is 0 Å². The van der Waals surface area contributed by atoms with Crippen molar-refractivity contribution in [3.63, 3.8) is 0 Å². The summed E-state index contributed by atoms with van der Waals surface area (Å²) in [6.07, 6.45) is 3.00. The van der Waals surface area contributed by atoms with Gasteiger partial charge < -0.3 is 19.8 Å². The van der Waals surface area contributed by atoms with E-state index in [0.717, 1.165) is 10.9 Å². The second-order valence-electron chi connectivity index (χ2n) is 5.92. The number of halogens is 1. The number of aromatic nitrogens is 1. The number of H-pyrrole nitrogens is 1. The SMILES string of the molecule is CC(CC(O)c1ccco1)NC(=O)Cc1c[nH]c2cc(F)ccc12. The molecule has 2 heterocycles. The highest BCUT2D eigenvalue weighted by atomic mass is 19.1. The first-order valence-electron chi connectivity index (χ1n) is 7.79. The molecular weight excluding hydrogens is 311 g/mol. The number of carbonyl (C=O) groups excluding carboxylic acids is 1. The van der Waals surface area contributed by atoms with Gasteiger partial charge in [0.2, 0.25) is 5.91 Å². The Bertz CT molecular complexity index is 826. The van der Waals surface area contributed by atoms with Gasteiger partial charge in [-0.2, -0.15) is 0 Å². The van der Waals surface area contributed by atoms with E-state index in [2.05, 4.69) is 10.3 Å². The minimum Gasteiger partial charge on any atom is -0.467 e. The molecule has 0 spiro atoms. The van der Waals surface area contributed by atoms with Crippen LogP contribution in [0.15, 0.2) is 47.2 Å². The fraction of sp³-hybridized carbons (Fsp3) is 0.278. The molecule has 0 fully saturated rings. The Morgan fingerprint density at radius 2 is 2.25 bits per heavy atom. The average molecular weight is 330 g/mol. The zero-order chi connectivity index (χ0) is 17.1. The van der Waals surface area contributed by atoms with Gasteiger partial charge in [0, 0.05) is 29.6 Å². The second kappa shape index (κ2) is 6.88. The quantitative estimate of drug-likeness (QED) is 0.650. The molecule has 3 rings (SSSR count). The van der Waals surface area contributed by atoms with Gasteiger partial charge in [0.1, 0.15) is 17.7 Å². The summed E-state index contributed by atoms with van der Waals surface area (Å²) in [4.78, 5) is 15.2. The summed E-state index contributed by atoms with van der Waals surface area (Å²) in [5, 5.41) is 13.7. The van der Waals surface area contributed by atoms with E-state index in [1.165, 1.54) is 18.4 Å². The number of amides is 1. The summed E-state index contributed by atoms with van der Waals surface area (Å²) in [6.45, 7) is 1.83. The number of benzene rings is 1. The first-order valence-corrected chi connectivity index (χ1v) is 7.79. The molecular formula is C18H19FN2O3. The van der Waals surface area contributed by atoms with E-state index in [4.69, 9.17) is 4.42 Å². The zero-order valence-electron chi connectivity index (χ0n) is 13.3. The standard InChI is InChI=1S/C18H19FN2O3/c1-11(7-16(22)17-3-2-6-24-17)21-18(23)8-12-10-20-15-9-13(19)4-5-14(12)15/h2-6,9-11,16,20,22H,7-8H2,1H3,(H,21,23). The Kier molecular flexibility index (Phi) is 4.66. The molecule has 24 heavy (non-hydrogen) atoms. The minimum atomic E-state index is -0.758. The van der Waals surface area contributed by atoms with Gasteiger partial charge in [-0.25, -0.2) is 4.39 Å². The van der Waals surface area contributed by atoms with Crippen LogP contribution >= 0.6 is 0 Å². The molecule has 0 aliphatic rings. The number of aromatic amines is 1. The van der Waals surface area contributed by atoms with Crippen LogP contribution in [-0.4, -0.2) is 22.0 Å². The van der Waals surface area contributed by atoms with Crippen molar-refractivity contribution in [1.82, 2.24) is 10.3 Å². The molecule has 3 N–H and O–H groups in total. The Morgan fingerprint density at radius 3 is 3.00 bits per heavy atom. The molecule has 0 aliphatic heterocycles. The fourth-order valence-corrected chi connectivity index (χ4v) is 2.79. The number of rotatable bonds is 6. The topological polar surface area (TPSA) is 78.3 Å². The molecule has 0 bridgehead atoms. The van der Waals surface area contributed by atoms with Gasteiger partial charge in [0.05, 0.1) is 12.7 Å². The summed E-state index contributed by atoms with van der Waals surface area (Å²) in [6, 6.07) is 7.64. The van der Waals surface area contributed by atoms with Crippen LogP contribution in [0.5, 0.6) is 0 Å². The first kappa shape index (κ1) is 16.3. The van der Waals surface area contributed by atoms with Crippen molar-refractivity contribution < 1.29 is 18.7 Å². The van der Waals surface area contributed by atoms with E-state index in [9.17, 15) is 14.3 Å². The molecule has 0 saturated carbocycles. The van der Waals surface area contributed by atoms with E-state index < -0.39 is 6.10 Å². The summed E-state index contributed by atoms with van der Waals surface area (Å²) < 4.78 is 18.3. The molecule has 2 aromatic heterocycles. The fourth-order valence-electron chi connectivity index (χ4n) is 2.79. The van der Waals surface area contributed by atoms with Crippen molar-refractivity contribution in [3.05, 3.63) is 59.9 Å². The van der Waals surface area contributed by atoms with Crippen LogP contribution in [0.25, 0.3) is 10.9 Å². The highest BCUT2D eigenvalue weighted by molar-refractivity contribution is 5.89. The van der Waals surface area contributed by atoms with E-state index in [1.54, 1.807) is 24.4 Å². The summed E-state index contributed by atoms with van der Waals surface area (Å²) in [7, 11) is 0. The first-order chi connectivity index (χ1) is 11.5. The largest absolute Gasteiger partial charge is 0.467 e. The van der Waals surface area contributed by atoms with Crippen molar-refractivity contribution >= 4 is 16.8 Å². The molecule has 126 valence electrons. The van der Waals surface area contributed by atoms with Gasteiger partial charge in [0.25, 0.3) is 0 Å². The lowest BCUT2D eigenvalue weighted by Gasteiger charge is -2.16. The van der Waals surface area contributed by atoms with E-state index in [0.29, 0.717) is 17.7 Å². The normalized spacial score (nSPS) is 13.8. The molecule has 1 aromatic carbocycles.